The van der Waals surface area contributed by atoms with Gasteiger partial charge in [-0.1, -0.05) is 13.8 Å². The number of amides is 1. The van der Waals surface area contributed by atoms with Crippen LogP contribution in [0.1, 0.15) is 52.9 Å². The van der Waals surface area contributed by atoms with Crippen LogP contribution in [0.4, 0.5) is 0 Å². The zero-order valence-corrected chi connectivity index (χ0v) is 12.7. The average Bonchev–Trinajstić information content (AvgIpc) is 2.83. The molecule has 0 aromatic carbocycles. The van der Waals surface area contributed by atoms with E-state index in [4.69, 9.17) is 5.11 Å². The number of aliphatic hydroxyl groups is 1. The van der Waals surface area contributed by atoms with E-state index in [0.717, 1.165) is 6.42 Å². The number of carbonyl (C=O) groups is 2. The smallest absolute Gasteiger partial charge is 0.306 e. The van der Waals surface area contributed by atoms with Crippen molar-refractivity contribution in [1.82, 2.24) is 5.32 Å². The molecule has 3 atom stereocenters. The highest BCUT2D eigenvalue weighted by Gasteiger charge is 2.34. The van der Waals surface area contributed by atoms with Crippen LogP contribution in [0, 0.1) is 17.8 Å². The summed E-state index contributed by atoms with van der Waals surface area (Å²) in [6, 6.07) is 0. The fraction of sp³-hybridized carbons (Fsp3) is 0.867. The molecule has 5 heteroatoms. The Morgan fingerprint density at radius 3 is 2.40 bits per heavy atom. The molecule has 0 bridgehead atoms. The third-order valence-electron chi connectivity index (χ3n) is 4.06. The lowest BCUT2D eigenvalue weighted by Crippen LogP contribution is -2.42. The second-order valence-corrected chi connectivity index (χ2v) is 6.69. The lowest BCUT2D eigenvalue weighted by Gasteiger charge is -2.25. The van der Waals surface area contributed by atoms with Crippen molar-refractivity contribution in [1.29, 1.82) is 0 Å². The largest absolute Gasteiger partial charge is 0.481 e. The van der Waals surface area contributed by atoms with Crippen molar-refractivity contribution in [2.45, 2.75) is 58.5 Å². The van der Waals surface area contributed by atoms with Crippen molar-refractivity contribution < 1.29 is 19.8 Å². The van der Waals surface area contributed by atoms with E-state index in [2.05, 4.69) is 19.2 Å². The molecule has 0 heterocycles. The predicted octanol–water partition coefficient (Wildman–Crippen LogP) is 1.79. The fourth-order valence-electron chi connectivity index (χ4n) is 2.55. The van der Waals surface area contributed by atoms with Crippen molar-refractivity contribution in [2.75, 3.05) is 6.54 Å². The first-order valence-corrected chi connectivity index (χ1v) is 7.44. The molecule has 1 fully saturated rings. The van der Waals surface area contributed by atoms with Gasteiger partial charge >= 0.3 is 5.97 Å². The number of hydrogen-bond donors (Lipinski definition) is 3. The van der Waals surface area contributed by atoms with Gasteiger partial charge in [-0.05, 0) is 44.9 Å². The number of aliphatic carboxylic acids is 1. The summed E-state index contributed by atoms with van der Waals surface area (Å²) >= 11 is 0. The highest BCUT2D eigenvalue weighted by atomic mass is 16.4. The molecule has 1 rings (SSSR count). The quantitative estimate of drug-likeness (QED) is 0.665. The van der Waals surface area contributed by atoms with E-state index in [1.54, 1.807) is 6.92 Å². The second kappa shape index (κ2) is 7.07. The van der Waals surface area contributed by atoms with Gasteiger partial charge in [-0.15, -0.1) is 0 Å². The SMILES string of the molecule is CC(C)CCC(C)(O)CNC(=O)[C@@H]1CC[C@H](C(=O)O)C1. The van der Waals surface area contributed by atoms with E-state index >= 15 is 0 Å². The molecule has 20 heavy (non-hydrogen) atoms. The Balaban J connectivity index is 2.34. The Hall–Kier alpha value is -1.10. The highest BCUT2D eigenvalue weighted by Crippen LogP contribution is 2.31. The maximum absolute atomic E-state index is 12.0. The number of rotatable bonds is 7. The third kappa shape index (κ3) is 5.49. The molecule has 116 valence electrons. The summed E-state index contributed by atoms with van der Waals surface area (Å²) in [6.45, 7) is 6.15. The van der Waals surface area contributed by atoms with Gasteiger partial charge in [-0.2, -0.15) is 0 Å². The number of carboxylic acid groups (broad SMARTS) is 1. The Bertz CT molecular complexity index is 352. The van der Waals surface area contributed by atoms with Crippen LogP contribution in [-0.4, -0.2) is 34.2 Å². The van der Waals surface area contributed by atoms with Crippen LogP contribution in [0.2, 0.25) is 0 Å². The van der Waals surface area contributed by atoms with Crippen LogP contribution in [0.25, 0.3) is 0 Å². The molecule has 0 aliphatic heterocycles. The lowest BCUT2D eigenvalue weighted by atomic mass is 9.95. The van der Waals surface area contributed by atoms with E-state index in [1.165, 1.54) is 0 Å². The van der Waals surface area contributed by atoms with E-state index in [0.29, 0.717) is 31.6 Å². The maximum Gasteiger partial charge on any atom is 0.306 e. The van der Waals surface area contributed by atoms with Crippen molar-refractivity contribution in [2.24, 2.45) is 17.8 Å². The lowest BCUT2D eigenvalue weighted by molar-refractivity contribution is -0.141. The van der Waals surface area contributed by atoms with E-state index in [9.17, 15) is 14.7 Å². The molecule has 0 aromatic rings. The minimum Gasteiger partial charge on any atom is -0.481 e. The number of hydrogen-bond acceptors (Lipinski definition) is 3. The van der Waals surface area contributed by atoms with Gasteiger partial charge < -0.3 is 15.5 Å². The summed E-state index contributed by atoms with van der Waals surface area (Å²) in [5.41, 5.74) is -0.898. The molecular weight excluding hydrogens is 258 g/mol. The molecule has 0 saturated heterocycles. The van der Waals surface area contributed by atoms with Gasteiger partial charge in [-0.3, -0.25) is 9.59 Å². The van der Waals surface area contributed by atoms with Gasteiger partial charge in [0.05, 0.1) is 11.5 Å². The second-order valence-electron chi connectivity index (χ2n) is 6.69. The summed E-state index contributed by atoms with van der Waals surface area (Å²) < 4.78 is 0. The number of carbonyl (C=O) groups excluding carboxylic acids is 1. The third-order valence-corrected chi connectivity index (χ3v) is 4.06. The zero-order chi connectivity index (χ0) is 15.3. The van der Waals surface area contributed by atoms with Crippen LogP contribution in [0.15, 0.2) is 0 Å². The van der Waals surface area contributed by atoms with Gasteiger partial charge in [0.2, 0.25) is 5.91 Å². The average molecular weight is 285 g/mol. The monoisotopic (exact) mass is 285 g/mol. The van der Waals surface area contributed by atoms with Gasteiger partial charge in [-0.25, -0.2) is 0 Å². The van der Waals surface area contributed by atoms with E-state index < -0.39 is 17.5 Å². The van der Waals surface area contributed by atoms with Gasteiger partial charge in [0.1, 0.15) is 0 Å². The first kappa shape index (κ1) is 17.0. The van der Waals surface area contributed by atoms with Crippen LogP contribution in [0.3, 0.4) is 0 Å². The molecule has 5 nitrogen and oxygen atoms in total. The Labute approximate surface area is 120 Å². The summed E-state index contributed by atoms with van der Waals surface area (Å²) in [7, 11) is 0. The first-order chi connectivity index (χ1) is 9.21. The Morgan fingerprint density at radius 2 is 1.90 bits per heavy atom. The summed E-state index contributed by atoms with van der Waals surface area (Å²) in [6.07, 6.45) is 3.16. The standard InChI is InChI=1S/C15H27NO4/c1-10(2)6-7-15(3,20)9-16-13(17)11-4-5-12(8-11)14(18)19/h10-12,20H,4-9H2,1-3H3,(H,16,17)(H,18,19)/t11-,12+,15?/m1/s1. The van der Waals surface area contributed by atoms with Crippen molar-refractivity contribution >= 4 is 11.9 Å². The molecule has 1 aliphatic carbocycles. The number of carboxylic acids is 1. The van der Waals surface area contributed by atoms with Gasteiger partial charge in [0, 0.05) is 12.5 Å². The van der Waals surface area contributed by atoms with Crippen LogP contribution in [-0.2, 0) is 9.59 Å². The Morgan fingerprint density at radius 1 is 1.30 bits per heavy atom. The molecule has 1 unspecified atom stereocenters. The van der Waals surface area contributed by atoms with Crippen LogP contribution >= 0.6 is 0 Å². The van der Waals surface area contributed by atoms with E-state index in [1.807, 2.05) is 0 Å². The van der Waals surface area contributed by atoms with Crippen molar-refractivity contribution in [3.63, 3.8) is 0 Å². The molecule has 0 aromatic heterocycles. The molecular formula is C15H27NO4. The maximum atomic E-state index is 12.0. The number of nitrogens with one attached hydrogen (secondary N) is 1. The zero-order valence-electron chi connectivity index (χ0n) is 12.7. The Kier molecular flexibility index (Phi) is 5.99. The van der Waals surface area contributed by atoms with E-state index in [-0.39, 0.29) is 18.4 Å². The fourth-order valence-corrected chi connectivity index (χ4v) is 2.55. The minimum atomic E-state index is -0.898. The van der Waals surface area contributed by atoms with Gasteiger partial charge in [0.15, 0.2) is 0 Å². The molecule has 3 N–H and O–H groups in total. The van der Waals surface area contributed by atoms with Crippen molar-refractivity contribution in [3.05, 3.63) is 0 Å². The highest BCUT2D eigenvalue weighted by molar-refractivity contribution is 5.80. The summed E-state index contributed by atoms with van der Waals surface area (Å²) in [4.78, 5) is 22.8. The minimum absolute atomic E-state index is 0.126. The normalized spacial score (nSPS) is 25.4. The molecule has 1 amide bonds. The van der Waals surface area contributed by atoms with Crippen molar-refractivity contribution in [3.8, 4) is 0 Å². The molecule has 1 aliphatic rings. The molecule has 1 saturated carbocycles. The topological polar surface area (TPSA) is 86.6 Å². The van der Waals surface area contributed by atoms with Crippen LogP contribution in [0.5, 0.6) is 0 Å². The summed E-state index contributed by atoms with van der Waals surface area (Å²) in [5, 5.41) is 21.9. The van der Waals surface area contributed by atoms with Gasteiger partial charge in [0.25, 0.3) is 0 Å². The molecule has 0 radical (unpaired) electrons. The predicted molar refractivity (Wildman–Crippen MR) is 76.2 cm³/mol. The van der Waals surface area contributed by atoms with Crippen LogP contribution < -0.4 is 5.32 Å². The first-order valence-electron chi connectivity index (χ1n) is 7.44. The molecule has 0 spiro atoms. The summed E-state index contributed by atoms with van der Waals surface area (Å²) in [5.74, 6) is -1.05.